The Morgan fingerprint density at radius 2 is 0.923 bits per heavy atom. The smallest absolute Gasteiger partial charge is 0.374 e. The van der Waals surface area contributed by atoms with Gasteiger partial charge in [-0.1, -0.05) is 60.7 Å². The summed E-state index contributed by atoms with van der Waals surface area (Å²) in [5.41, 5.74) is 0.0881. The normalized spacial score (nSPS) is 12.5. The number of Topliss-reactive ketones (excluding diaryl/α,β-unsaturated/α-hetero) is 2. The Kier molecular flexibility index (Phi) is 6.31. The van der Waals surface area contributed by atoms with Gasteiger partial charge >= 0.3 is 11.9 Å². The number of aliphatic hydroxyl groups excluding tert-OH is 2. The minimum atomic E-state index is -2.23. The molecule has 0 saturated carbocycles. The summed E-state index contributed by atoms with van der Waals surface area (Å²) in [6, 6.07) is 14.8. The van der Waals surface area contributed by atoms with E-state index in [1.165, 1.54) is 48.5 Å². The highest BCUT2D eigenvalue weighted by Crippen LogP contribution is 2.07. The van der Waals surface area contributed by atoms with Gasteiger partial charge in [-0.3, -0.25) is 9.59 Å². The van der Waals surface area contributed by atoms with E-state index in [0.29, 0.717) is 0 Å². The number of benzene rings is 2. The SMILES string of the molecule is O=C(OOC(=O)C(O)C(=O)c1ccccc1)C(O)C(=O)c1ccccc1. The molecule has 0 bridgehead atoms. The molecule has 8 nitrogen and oxygen atoms in total. The molecule has 0 heterocycles. The van der Waals surface area contributed by atoms with Gasteiger partial charge in [0.2, 0.25) is 23.8 Å². The molecule has 134 valence electrons. The Hall–Kier alpha value is -3.36. The first kappa shape index (κ1) is 19.0. The Balaban J connectivity index is 1.91. The summed E-state index contributed by atoms with van der Waals surface area (Å²) in [5.74, 6) is -5.06. The van der Waals surface area contributed by atoms with Crippen molar-refractivity contribution in [3.63, 3.8) is 0 Å². The highest BCUT2D eigenvalue weighted by atomic mass is 17.2. The Labute approximate surface area is 147 Å². The number of hydrogen-bond donors (Lipinski definition) is 2. The van der Waals surface area contributed by atoms with Crippen LogP contribution in [0, 0.1) is 0 Å². The van der Waals surface area contributed by atoms with Crippen LogP contribution in [-0.2, 0) is 19.4 Å². The van der Waals surface area contributed by atoms with Crippen LogP contribution in [0.5, 0.6) is 0 Å². The predicted octanol–water partition coefficient (Wildman–Crippen LogP) is 0.475. The maximum atomic E-state index is 11.9. The molecular formula is C18H14O8. The van der Waals surface area contributed by atoms with E-state index in [4.69, 9.17) is 0 Å². The van der Waals surface area contributed by atoms with Crippen LogP contribution in [0.1, 0.15) is 20.7 Å². The van der Waals surface area contributed by atoms with E-state index in [-0.39, 0.29) is 11.1 Å². The first-order chi connectivity index (χ1) is 12.4. The molecule has 0 spiro atoms. The summed E-state index contributed by atoms with van der Waals surface area (Å²) < 4.78 is 0. The molecule has 0 radical (unpaired) electrons. The van der Waals surface area contributed by atoms with Gasteiger partial charge in [-0.25, -0.2) is 19.4 Å². The molecule has 0 fully saturated rings. The van der Waals surface area contributed by atoms with E-state index >= 15 is 0 Å². The van der Waals surface area contributed by atoms with Crippen molar-refractivity contribution in [2.45, 2.75) is 12.2 Å². The van der Waals surface area contributed by atoms with Gasteiger partial charge in [-0.15, -0.1) is 0 Å². The van der Waals surface area contributed by atoms with E-state index < -0.39 is 35.7 Å². The molecule has 0 aromatic heterocycles. The molecule has 0 aliphatic rings. The largest absolute Gasteiger partial charge is 0.391 e. The fourth-order valence-corrected chi connectivity index (χ4v) is 1.91. The third-order valence-corrected chi connectivity index (χ3v) is 3.27. The average molecular weight is 358 g/mol. The molecule has 2 aromatic carbocycles. The maximum Gasteiger partial charge on any atom is 0.391 e. The summed E-state index contributed by atoms with van der Waals surface area (Å²) >= 11 is 0. The van der Waals surface area contributed by atoms with Crippen molar-refractivity contribution >= 4 is 23.5 Å². The third-order valence-electron chi connectivity index (χ3n) is 3.27. The Morgan fingerprint density at radius 1 is 0.615 bits per heavy atom. The quantitative estimate of drug-likeness (QED) is 0.330. The second kappa shape index (κ2) is 8.65. The van der Waals surface area contributed by atoms with Crippen LogP contribution < -0.4 is 0 Å². The van der Waals surface area contributed by atoms with Crippen LogP contribution in [0.4, 0.5) is 0 Å². The van der Waals surface area contributed by atoms with Crippen molar-refractivity contribution < 1.29 is 39.2 Å². The second-order valence-corrected chi connectivity index (χ2v) is 5.07. The first-order valence-electron chi connectivity index (χ1n) is 7.38. The molecule has 0 amide bonds. The lowest BCUT2D eigenvalue weighted by atomic mass is 10.1. The lowest BCUT2D eigenvalue weighted by molar-refractivity contribution is -0.266. The van der Waals surface area contributed by atoms with Gasteiger partial charge < -0.3 is 10.2 Å². The van der Waals surface area contributed by atoms with Gasteiger partial charge in [0.25, 0.3) is 0 Å². The first-order valence-corrected chi connectivity index (χ1v) is 7.38. The highest BCUT2D eigenvalue weighted by molar-refractivity contribution is 6.12. The molecule has 2 rings (SSSR count). The average Bonchev–Trinajstić information content (AvgIpc) is 2.70. The molecule has 8 heteroatoms. The van der Waals surface area contributed by atoms with Gasteiger partial charge in [-0.2, -0.15) is 0 Å². The van der Waals surface area contributed by atoms with Crippen molar-refractivity contribution in [1.82, 2.24) is 0 Å². The molecular weight excluding hydrogens is 344 g/mol. The van der Waals surface area contributed by atoms with Gasteiger partial charge in [0.15, 0.2) is 0 Å². The van der Waals surface area contributed by atoms with Crippen LogP contribution in [0.15, 0.2) is 60.7 Å². The van der Waals surface area contributed by atoms with Crippen molar-refractivity contribution in [2.75, 3.05) is 0 Å². The van der Waals surface area contributed by atoms with E-state index in [9.17, 15) is 29.4 Å². The van der Waals surface area contributed by atoms with Crippen LogP contribution in [-0.4, -0.2) is 45.9 Å². The monoisotopic (exact) mass is 358 g/mol. The molecule has 0 saturated heterocycles. The maximum absolute atomic E-state index is 11.9. The zero-order chi connectivity index (χ0) is 19.1. The van der Waals surface area contributed by atoms with E-state index in [1.54, 1.807) is 12.1 Å². The number of carbonyl (C=O) groups is 4. The molecule has 2 unspecified atom stereocenters. The van der Waals surface area contributed by atoms with E-state index in [1.807, 2.05) is 0 Å². The molecule has 2 N–H and O–H groups in total. The topological polar surface area (TPSA) is 127 Å². The fourth-order valence-electron chi connectivity index (χ4n) is 1.91. The summed E-state index contributed by atoms with van der Waals surface area (Å²) in [6.45, 7) is 0. The minimum Gasteiger partial charge on any atom is -0.374 e. The van der Waals surface area contributed by atoms with Crippen molar-refractivity contribution in [3.05, 3.63) is 71.8 Å². The van der Waals surface area contributed by atoms with Gasteiger partial charge in [0.1, 0.15) is 0 Å². The van der Waals surface area contributed by atoms with Crippen LogP contribution >= 0.6 is 0 Å². The van der Waals surface area contributed by atoms with Crippen molar-refractivity contribution in [2.24, 2.45) is 0 Å². The lowest BCUT2D eigenvalue weighted by Gasteiger charge is -2.10. The zero-order valence-electron chi connectivity index (χ0n) is 13.3. The number of hydrogen-bond acceptors (Lipinski definition) is 8. The Bertz CT molecular complexity index is 731. The summed E-state index contributed by atoms with van der Waals surface area (Å²) in [5, 5.41) is 19.3. The van der Waals surface area contributed by atoms with E-state index in [0.717, 1.165) is 0 Å². The molecule has 2 aromatic rings. The standard InChI is InChI=1S/C18H14O8/c19-13(11-7-3-1-4-8-11)15(21)17(23)25-26-18(24)16(22)14(20)12-9-5-2-6-10-12/h1-10,15-16,21-22H. The fraction of sp³-hybridized carbons (Fsp3) is 0.111. The molecule has 0 aliphatic carbocycles. The number of ketones is 2. The molecule has 0 aliphatic heterocycles. The number of aliphatic hydroxyl groups is 2. The number of carbonyl (C=O) groups excluding carboxylic acids is 4. The van der Waals surface area contributed by atoms with Crippen LogP contribution in [0.2, 0.25) is 0 Å². The predicted molar refractivity (Wildman–Crippen MR) is 85.7 cm³/mol. The third kappa shape index (κ3) is 4.59. The summed E-state index contributed by atoms with van der Waals surface area (Å²) in [7, 11) is 0. The highest BCUT2D eigenvalue weighted by Gasteiger charge is 2.32. The van der Waals surface area contributed by atoms with E-state index in [2.05, 4.69) is 9.78 Å². The Morgan fingerprint density at radius 3 is 1.23 bits per heavy atom. The van der Waals surface area contributed by atoms with Crippen molar-refractivity contribution in [3.8, 4) is 0 Å². The van der Waals surface area contributed by atoms with Gasteiger partial charge in [-0.05, 0) is 0 Å². The summed E-state index contributed by atoms with van der Waals surface area (Å²) in [6.07, 6.45) is -4.46. The second-order valence-electron chi connectivity index (χ2n) is 5.07. The van der Waals surface area contributed by atoms with Crippen molar-refractivity contribution in [1.29, 1.82) is 0 Å². The van der Waals surface area contributed by atoms with Gasteiger partial charge in [0, 0.05) is 11.1 Å². The van der Waals surface area contributed by atoms with Crippen LogP contribution in [0.3, 0.4) is 0 Å². The molecule has 26 heavy (non-hydrogen) atoms. The zero-order valence-corrected chi connectivity index (χ0v) is 13.3. The number of rotatable bonds is 6. The van der Waals surface area contributed by atoms with Crippen LogP contribution in [0.25, 0.3) is 0 Å². The van der Waals surface area contributed by atoms with Gasteiger partial charge in [0.05, 0.1) is 0 Å². The summed E-state index contributed by atoms with van der Waals surface area (Å²) in [4.78, 5) is 55.0. The minimum absolute atomic E-state index is 0.0440. The molecule has 2 atom stereocenters. The lowest BCUT2D eigenvalue weighted by Crippen LogP contribution is -2.36.